The molecular weight excluding hydrogens is 463 g/mol. The minimum Gasteiger partial charge on any atom is -0.374 e. The van der Waals surface area contributed by atoms with Crippen LogP contribution in [-0.2, 0) is 10.3 Å². The van der Waals surface area contributed by atoms with Crippen molar-refractivity contribution in [2.24, 2.45) is 11.7 Å². The Labute approximate surface area is 202 Å². The van der Waals surface area contributed by atoms with Gasteiger partial charge in [0.25, 0.3) is 0 Å². The van der Waals surface area contributed by atoms with Gasteiger partial charge in [-0.15, -0.1) is 0 Å². The third-order valence-electron chi connectivity index (χ3n) is 8.28. The van der Waals surface area contributed by atoms with E-state index < -0.39 is 24.5 Å². The van der Waals surface area contributed by atoms with Crippen LogP contribution in [0.1, 0.15) is 63.2 Å². The number of nitriles is 1. The van der Waals surface area contributed by atoms with Gasteiger partial charge in [0.15, 0.2) is 5.82 Å². The summed E-state index contributed by atoms with van der Waals surface area (Å²) in [6, 6.07) is 2.44. The van der Waals surface area contributed by atoms with Crippen molar-refractivity contribution in [3.63, 3.8) is 0 Å². The molecule has 0 aromatic carbocycles. The molecule has 35 heavy (non-hydrogen) atoms. The van der Waals surface area contributed by atoms with Gasteiger partial charge in [0.05, 0.1) is 30.1 Å². The lowest BCUT2D eigenvalue weighted by molar-refractivity contribution is -0.191. The average Bonchev–Trinajstić information content (AvgIpc) is 3.57. The fourth-order valence-corrected chi connectivity index (χ4v) is 6.13. The number of fused-ring (bicyclic) bond motifs is 2. The van der Waals surface area contributed by atoms with Gasteiger partial charge in [-0.2, -0.15) is 23.5 Å². The van der Waals surface area contributed by atoms with E-state index in [0.717, 1.165) is 32.1 Å². The fourth-order valence-electron chi connectivity index (χ4n) is 6.13. The number of aromatic nitrogens is 2. The summed E-state index contributed by atoms with van der Waals surface area (Å²) in [5.74, 6) is 0.0601. The van der Waals surface area contributed by atoms with E-state index in [-0.39, 0.29) is 42.2 Å². The molecule has 0 radical (unpaired) electrons. The first kappa shape index (κ1) is 24.5. The molecule has 2 aliphatic carbocycles. The first-order valence-corrected chi connectivity index (χ1v) is 12.4. The van der Waals surface area contributed by atoms with Gasteiger partial charge in [-0.3, -0.25) is 19.3 Å². The topological polar surface area (TPSA) is 123 Å². The Morgan fingerprint density at radius 3 is 2.46 bits per heavy atom. The number of nitrogens with one attached hydrogen (secondary N) is 1. The number of alkyl halides is 3. The highest BCUT2D eigenvalue weighted by atomic mass is 19.4. The number of halogens is 3. The van der Waals surface area contributed by atoms with Crippen molar-refractivity contribution < 1.29 is 23.1 Å². The van der Waals surface area contributed by atoms with E-state index in [1.807, 2.05) is 0 Å². The lowest BCUT2D eigenvalue weighted by Gasteiger charge is -2.58. The van der Waals surface area contributed by atoms with Crippen LogP contribution in [-0.4, -0.2) is 74.5 Å². The first-order valence-electron chi connectivity index (χ1n) is 12.4. The Hall–Kier alpha value is -2.20. The summed E-state index contributed by atoms with van der Waals surface area (Å²) >= 11 is 0. The molecule has 3 aliphatic heterocycles. The molecule has 2 saturated carbocycles. The fraction of sp³-hybridized carbons (Fsp3) is 0.783. The van der Waals surface area contributed by atoms with Gasteiger partial charge in [0, 0.05) is 43.3 Å². The lowest BCUT2D eigenvalue weighted by Crippen LogP contribution is -2.71. The number of carbonyl (C=O) groups excluding carboxylic acids is 1. The number of nitrogens with zero attached hydrogens (tertiary/aromatic N) is 5. The third kappa shape index (κ3) is 4.91. The second-order valence-corrected chi connectivity index (χ2v) is 10.7. The predicted octanol–water partition coefficient (Wildman–Crippen LogP) is 2.05. The Bertz CT molecular complexity index is 980. The summed E-state index contributed by atoms with van der Waals surface area (Å²) in [6.07, 6.45) is 1.79. The second-order valence-electron chi connectivity index (χ2n) is 10.7. The molecule has 0 spiro atoms. The number of nitrogens with two attached hydrogens (primary N) is 1. The van der Waals surface area contributed by atoms with E-state index in [9.17, 15) is 28.3 Å². The molecule has 1 amide bonds. The van der Waals surface area contributed by atoms with Crippen LogP contribution in [0.4, 0.5) is 19.0 Å². The van der Waals surface area contributed by atoms with Crippen LogP contribution in [0.2, 0.25) is 0 Å². The molecule has 5 fully saturated rings. The molecule has 1 aromatic heterocycles. The van der Waals surface area contributed by atoms with Gasteiger partial charge in [0.2, 0.25) is 5.91 Å². The number of amides is 1. The highest BCUT2D eigenvalue weighted by molar-refractivity contribution is 5.93. The van der Waals surface area contributed by atoms with E-state index >= 15 is 0 Å². The summed E-state index contributed by atoms with van der Waals surface area (Å²) in [4.78, 5) is 16.2. The zero-order chi connectivity index (χ0) is 25.0. The minimum atomic E-state index is -4.17. The van der Waals surface area contributed by atoms with Crippen molar-refractivity contribution in [1.82, 2.24) is 19.6 Å². The maximum atomic E-state index is 12.9. The highest BCUT2D eigenvalue weighted by Gasteiger charge is 2.50. The molecule has 6 rings (SSSR count). The van der Waals surface area contributed by atoms with Crippen molar-refractivity contribution in [3.05, 3.63) is 11.8 Å². The van der Waals surface area contributed by atoms with Crippen LogP contribution in [0.15, 0.2) is 6.20 Å². The number of rotatable bonds is 7. The summed E-state index contributed by atoms with van der Waals surface area (Å²) < 4.78 is 40.3. The van der Waals surface area contributed by atoms with Gasteiger partial charge in [0.1, 0.15) is 6.23 Å². The Balaban J connectivity index is 1.26. The molecule has 4 heterocycles. The van der Waals surface area contributed by atoms with E-state index in [2.05, 4.69) is 21.4 Å². The van der Waals surface area contributed by atoms with Gasteiger partial charge >= 0.3 is 6.18 Å². The second kappa shape index (κ2) is 9.03. The van der Waals surface area contributed by atoms with Crippen LogP contribution >= 0.6 is 0 Å². The van der Waals surface area contributed by atoms with E-state index in [0.29, 0.717) is 31.5 Å². The van der Waals surface area contributed by atoms with E-state index in [1.165, 1.54) is 0 Å². The summed E-state index contributed by atoms with van der Waals surface area (Å²) in [6.45, 7) is 0.455. The van der Waals surface area contributed by atoms with Gasteiger partial charge in [-0.1, -0.05) is 0 Å². The van der Waals surface area contributed by atoms with Crippen molar-refractivity contribution in [1.29, 1.82) is 5.26 Å². The summed E-state index contributed by atoms with van der Waals surface area (Å²) in [5.41, 5.74) is 5.47. The quantitative estimate of drug-likeness (QED) is 0.495. The number of aliphatic hydroxyl groups excluding tert-OH is 1. The first-order chi connectivity index (χ1) is 16.6. The molecule has 4 N–H and O–H groups in total. The van der Waals surface area contributed by atoms with Gasteiger partial charge < -0.3 is 16.2 Å². The summed E-state index contributed by atoms with van der Waals surface area (Å²) in [7, 11) is 0. The Morgan fingerprint density at radius 1 is 1.26 bits per heavy atom. The maximum absolute atomic E-state index is 12.9. The summed E-state index contributed by atoms with van der Waals surface area (Å²) in [5, 5.41) is 27.0. The molecule has 1 aromatic rings. The number of hydrogen-bond donors (Lipinski definition) is 3. The molecule has 192 valence electrons. The van der Waals surface area contributed by atoms with Crippen molar-refractivity contribution in [3.8, 4) is 6.07 Å². The molecule has 5 aliphatic rings. The number of anilines is 1. The maximum Gasteiger partial charge on any atom is 0.401 e. The Kier molecular flexibility index (Phi) is 6.32. The number of hydrogen-bond acceptors (Lipinski definition) is 7. The molecule has 3 saturated heterocycles. The van der Waals surface area contributed by atoms with Crippen LogP contribution < -0.4 is 11.1 Å². The monoisotopic (exact) mass is 495 g/mol. The van der Waals surface area contributed by atoms with E-state index in [4.69, 9.17) is 5.73 Å². The van der Waals surface area contributed by atoms with Gasteiger partial charge in [-0.25, -0.2) is 0 Å². The van der Waals surface area contributed by atoms with Crippen LogP contribution in [0.5, 0.6) is 0 Å². The smallest absolute Gasteiger partial charge is 0.374 e. The molecule has 9 nitrogen and oxygen atoms in total. The standard InChI is InChI=1S/C23H32F3N7O2/c24-23(25,26)13-32-16-9-17(32)11-31(10-16)15-3-5-22(6-4-15,7-8-27)33-12-18(19(28)34)20(30-33)29-21(35)14-1-2-14/h12,14-17,19,34H,1-7,9-11,13,28H2,(H,29,30,35). The molecule has 3 atom stereocenters. The van der Waals surface area contributed by atoms with Crippen LogP contribution in [0.3, 0.4) is 0 Å². The zero-order valence-corrected chi connectivity index (χ0v) is 19.5. The predicted molar refractivity (Wildman–Crippen MR) is 120 cm³/mol. The zero-order valence-electron chi connectivity index (χ0n) is 19.5. The van der Waals surface area contributed by atoms with E-state index in [1.54, 1.807) is 15.8 Å². The molecule has 3 unspecified atom stereocenters. The Morgan fingerprint density at radius 2 is 1.91 bits per heavy atom. The molecule has 12 heteroatoms. The number of piperazine rings is 1. The number of aliphatic hydroxyl groups is 1. The SMILES string of the molecule is N#CCC1(n2cc(C(N)O)c(NC(=O)C3CC3)n2)CCC(N2CC3CC(C2)N3CC(F)(F)F)CC1. The van der Waals surface area contributed by atoms with Crippen LogP contribution in [0.25, 0.3) is 0 Å². The lowest BCUT2D eigenvalue weighted by atomic mass is 9.76. The number of carbonyl (C=O) groups is 1. The highest BCUT2D eigenvalue weighted by Crippen LogP contribution is 2.43. The van der Waals surface area contributed by atoms with Crippen molar-refractivity contribution in [2.45, 2.75) is 87.4 Å². The molecular formula is C23H32F3N7O2. The van der Waals surface area contributed by atoms with Crippen LogP contribution in [0, 0.1) is 17.2 Å². The van der Waals surface area contributed by atoms with Crippen molar-refractivity contribution in [2.75, 3.05) is 25.0 Å². The number of piperidine rings is 1. The molecule has 2 bridgehead atoms. The minimum absolute atomic E-state index is 0.0331. The largest absolute Gasteiger partial charge is 0.401 e. The van der Waals surface area contributed by atoms with Crippen molar-refractivity contribution >= 4 is 11.7 Å². The van der Waals surface area contributed by atoms with Gasteiger partial charge in [-0.05, 0) is 44.9 Å². The third-order valence-corrected chi connectivity index (χ3v) is 8.28. The normalized spacial score (nSPS) is 32.5. The average molecular weight is 496 g/mol.